The number of benzene rings is 3. The van der Waals surface area contributed by atoms with Gasteiger partial charge < -0.3 is 10.1 Å². The summed E-state index contributed by atoms with van der Waals surface area (Å²) in [5, 5.41) is 3.47. The van der Waals surface area contributed by atoms with Crippen molar-refractivity contribution in [1.82, 2.24) is 5.32 Å². The number of carbonyl (C=O) groups excluding carboxylic acids is 1. The molecule has 1 atom stereocenters. The summed E-state index contributed by atoms with van der Waals surface area (Å²) < 4.78 is 33.3. The van der Waals surface area contributed by atoms with Crippen LogP contribution in [0.25, 0.3) is 0 Å². The monoisotopic (exact) mass is 484 g/mol. The Balaban J connectivity index is 1.62. The summed E-state index contributed by atoms with van der Waals surface area (Å²) >= 11 is 5.94. The quantitative estimate of drug-likeness (QED) is 0.525. The van der Waals surface area contributed by atoms with Crippen LogP contribution in [0.1, 0.15) is 30.0 Å². The molecule has 6 nitrogen and oxygen atoms in total. The van der Waals surface area contributed by atoms with Crippen LogP contribution in [0.5, 0.6) is 5.75 Å². The summed E-state index contributed by atoms with van der Waals surface area (Å²) in [4.78, 5) is 13.2. The van der Waals surface area contributed by atoms with Crippen molar-refractivity contribution in [3.63, 3.8) is 0 Å². The van der Waals surface area contributed by atoms with Crippen LogP contribution in [0, 0.1) is 0 Å². The fourth-order valence-corrected chi connectivity index (χ4v) is 5.62. The number of anilines is 1. The number of rotatable bonds is 7. The van der Waals surface area contributed by atoms with E-state index in [0.29, 0.717) is 16.5 Å². The minimum absolute atomic E-state index is 0.0542. The van der Waals surface area contributed by atoms with Crippen LogP contribution < -0.4 is 14.4 Å². The Morgan fingerprint density at radius 2 is 1.76 bits per heavy atom. The van der Waals surface area contributed by atoms with E-state index in [0.717, 1.165) is 29.1 Å². The van der Waals surface area contributed by atoms with Crippen molar-refractivity contribution in [1.29, 1.82) is 0 Å². The number of methoxy groups -OCH3 is 1. The zero-order valence-corrected chi connectivity index (χ0v) is 19.8. The van der Waals surface area contributed by atoms with Gasteiger partial charge >= 0.3 is 0 Å². The number of nitrogens with zero attached hydrogens (tertiary/aromatic N) is 1. The highest BCUT2D eigenvalue weighted by Crippen LogP contribution is 2.30. The van der Waals surface area contributed by atoms with Gasteiger partial charge in [0.2, 0.25) is 5.91 Å². The van der Waals surface area contributed by atoms with E-state index in [9.17, 15) is 13.2 Å². The van der Waals surface area contributed by atoms with Crippen molar-refractivity contribution in [2.24, 2.45) is 0 Å². The van der Waals surface area contributed by atoms with Gasteiger partial charge in [0.05, 0.1) is 23.7 Å². The van der Waals surface area contributed by atoms with E-state index < -0.39 is 10.0 Å². The van der Waals surface area contributed by atoms with Crippen molar-refractivity contribution in [2.45, 2.75) is 30.2 Å². The SMILES string of the molecule is COc1ccc(N(CC(=O)N[C@@H]2CCCc3ccccc32)S(=O)(=O)c2ccc(Cl)cc2)cc1. The molecule has 3 aromatic carbocycles. The predicted octanol–water partition coefficient (Wildman–Crippen LogP) is 4.74. The molecule has 0 bridgehead atoms. The van der Waals surface area contributed by atoms with E-state index in [1.807, 2.05) is 18.2 Å². The Bertz CT molecular complexity index is 1230. The van der Waals surface area contributed by atoms with Crippen molar-refractivity contribution in [3.05, 3.63) is 88.9 Å². The number of nitrogens with one attached hydrogen (secondary N) is 1. The maximum absolute atomic E-state index is 13.5. The Kier molecular flexibility index (Phi) is 6.91. The van der Waals surface area contributed by atoms with E-state index in [1.165, 1.54) is 36.9 Å². The molecule has 0 radical (unpaired) electrons. The summed E-state index contributed by atoms with van der Waals surface area (Å²) in [6.07, 6.45) is 2.76. The van der Waals surface area contributed by atoms with Gasteiger partial charge in [-0.2, -0.15) is 0 Å². The highest BCUT2D eigenvalue weighted by Gasteiger charge is 2.29. The Morgan fingerprint density at radius 1 is 1.06 bits per heavy atom. The molecule has 0 saturated carbocycles. The second-order valence-corrected chi connectivity index (χ2v) is 10.2. The first-order valence-corrected chi connectivity index (χ1v) is 12.5. The highest BCUT2D eigenvalue weighted by molar-refractivity contribution is 7.92. The van der Waals surface area contributed by atoms with Gasteiger partial charge in [0, 0.05) is 5.02 Å². The summed E-state index contributed by atoms with van der Waals surface area (Å²) in [7, 11) is -2.48. The first-order valence-electron chi connectivity index (χ1n) is 10.7. The Labute approximate surface area is 199 Å². The van der Waals surface area contributed by atoms with Crippen molar-refractivity contribution in [2.75, 3.05) is 18.0 Å². The molecule has 3 aromatic rings. The van der Waals surface area contributed by atoms with Gasteiger partial charge in [0.1, 0.15) is 12.3 Å². The minimum atomic E-state index is -4.01. The lowest BCUT2D eigenvalue weighted by Gasteiger charge is -2.28. The number of hydrogen-bond acceptors (Lipinski definition) is 4. The van der Waals surface area contributed by atoms with Gasteiger partial charge in [-0.25, -0.2) is 8.42 Å². The number of carbonyl (C=O) groups is 1. The highest BCUT2D eigenvalue weighted by atomic mass is 35.5. The second kappa shape index (κ2) is 9.85. The molecule has 33 heavy (non-hydrogen) atoms. The van der Waals surface area contributed by atoms with Crippen LogP contribution in [0.3, 0.4) is 0 Å². The smallest absolute Gasteiger partial charge is 0.264 e. The maximum Gasteiger partial charge on any atom is 0.264 e. The Hall–Kier alpha value is -3.03. The number of sulfonamides is 1. The zero-order valence-electron chi connectivity index (χ0n) is 18.2. The normalized spacial score (nSPS) is 15.4. The molecule has 0 spiro atoms. The average Bonchev–Trinajstić information content (AvgIpc) is 2.83. The number of aryl methyl sites for hydroxylation is 1. The third kappa shape index (κ3) is 5.15. The van der Waals surface area contributed by atoms with Crippen molar-refractivity contribution in [3.8, 4) is 5.75 Å². The number of ether oxygens (including phenoxy) is 1. The third-order valence-electron chi connectivity index (χ3n) is 5.75. The number of fused-ring (bicyclic) bond motifs is 1. The largest absolute Gasteiger partial charge is 0.497 e. The van der Waals surface area contributed by atoms with Crippen LogP contribution in [0.15, 0.2) is 77.7 Å². The molecule has 0 fully saturated rings. The van der Waals surface area contributed by atoms with Crippen LogP contribution in [-0.4, -0.2) is 28.0 Å². The lowest BCUT2D eigenvalue weighted by atomic mass is 9.88. The number of amides is 1. The van der Waals surface area contributed by atoms with E-state index in [-0.39, 0.29) is 23.4 Å². The lowest BCUT2D eigenvalue weighted by Crippen LogP contribution is -2.42. The van der Waals surface area contributed by atoms with E-state index in [4.69, 9.17) is 16.3 Å². The predicted molar refractivity (Wildman–Crippen MR) is 129 cm³/mol. The number of hydrogen-bond donors (Lipinski definition) is 1. The van der Waals surface area contributed by atoms with Crippen LogP contribution in [-0.2, 0) is 21.2 Å². The molecule has 0 unspecified atom stereocenters. The van der Waals surface area contributed by atoms with Gasteiger partial charge in [-0.3, -0.25) is 9.10 Å². The zero-order chi connectivity index (χ0) is 23.4. The first kappa shape index (κ1) is 23.1. The second-order valence-electron chi connectivity index (χ2n) is 7.87. The fourth-order valence-electron chi connectivity index (χ4n) is 4.07. The standard InChI is InChI=1S/C25H25ClN2O4S/c1-32-21-13-11-20(12-14-21)28(33(30,31)22-15-9-19(26)10-16-22)17-25(29)27-24-8-4-6-18-5-2-3-7-23(18)24/h2-3,5,7,9-16,24H,4,6,8,17H2,1H3,(H,27,29)/t24-/m1/s1. The molecule has 8 heteroatoms. The van der Waals surface area contributed by atoms with E-state index in [1.54, 1.807) is 24.3 Å². The molecule has 1 aliphatic carbocycles. The molecular weight excluding hydrogens is 460 g/mol. The van der Waals surface area contributed by atoms with E-state index in [2.05, 4.69) is 11.4 Å². The topological polar surface area (TPSA) is 75.7 Å². The van der Waals surface area contributed by atoms with Crippen molar-refractivity contribution < 1.29 is 17.9 Å². The van der Waals surface area contributed by atoms with Crippen LogP contribution >= 0.6 is 11.6 Å². The molecule has 1 aliphatic rings. The maximum atomic E-state index is 13.5. The molecule has 0 heterocycles. The number of halogens is 1. The average molecular weight is 485 g/mol. The van der Waals surface area contributed by atoms with Gasteiger partial charge in [-0.05, 0) is 78.9 Å². The summed E-state index contributed by atoms with van der Waals surface area (Å²) in [5.74, 6) is 0.218. The third-order valence-corrected chi connectivity index (χ3v) is 7.79. The molecule has 0 aliphatic heterocycles. The summed E-state index contributed by atoms with van der Waals surface area (Å²) in [6.45, 7) is -0.351. The lowest BCUT2D eigenvalue weighted by molar-refractivity contribution is -0.120. The summed E-state index contributed by atoms with van der Waals surface area (Å²) in [6, 6.07) is 20.4. The van der Waals surface area contributed by atoms with Crippen LogP contribution in [0.4, 0.5) is 5.69 Å². The molecule has 1 amide bonds. The molecular formula is C25H25ClN2O4S. The molecule has 172 valence electrons. The Morgan fingerprint density at radius 3 is 2.45 bits per heavy atom. The first-order chi connectivity index (χ1) is 15.9. The van der Waals surface area contributed by atoms with Gasteiger partial charge in [0.15, 0.2) is 0 Å². The molecule has 0 aromatic heterocycles. The van der Waals surface area contributed by atoms with Gasteiger partial charge in [-0.15, -0.1) is 0 Å². The summed E-state index contributed by atoms with van der Waals surface area (Å²) in [5.41, 5.74) is 2.67. The minimum Gasteiger partial charge on any atom is -0.497 e. The van der Waals surface area contributed by atoms with Gasteiger partial charge in [0.25, 0.3) is 10.0 Å². The van der Waals surface area contributed by atoms with Crippen LogP contribution in [0.2, 0.25) is 5.02 Å². The van der Waals surface area contributed by atoms with Crippen molar-refractivity contribution >= 4 is 33.2 Å². The molecule has 0 saturated heterocycles. The molecule has 1 N–H and O–H groups in total. The molecule has 4 rings (SSSR count). The van der Waals surface area contributed by atoms with E-state index >= 15 is 0 Å². The fraction of sp³-hybridized carbons (Fsp3) is 0.240. The van der Waals surface area contributed by atoms with Gasteiger partial charge in [-0.1, -0.05) is 35.9 Å².